The van der Waals surface area contributed by atoms with E-state index >= 15 is 0 Å². The minimum atomic E-state index is -0.968. The predicted octanol–water partition coefficient (Wildman–Crippen LogP) is 5.25. The first-order valence-corrected chi connectivity index (χ1v) is 12.0. The van der Waals surface area contributed by atoms with E-state index in [0.717, 1.165) is 44.0 Å². The topological polar surface area (TPSA) is 77.1 Å². The molecule has 2 aromatic carbocycles. The van der Waals surface area contributed by atoms with Gasteiger partial charge in [-0.2, -0.15) is 0 Å². The number of likely N-dealkylation sites (tertiary alicyclic amines) is 1. The fraction of sp³-hybridized carbons (Fsp3) is 0.321. The molecule has 0 amide bonds. The summed E-state index contributed by atoms with van der Waals surface area (Å²) in [5.41, 5.74) is 2.74. The Morgan fingerprint density at radius 2 is 1.94 bits per heavy atom. The van der Waals surface area contributed by atoms with Gasteiger partial charge in [0.1, 0.15) is 29.4 Å². The van der Waals surface area contributed by atoms with Gasteiger partial charge in [-0.3, -0.25) is 4.90 Å². The van der Waals surface area contributed by atoms with E-state index in [1.165, 1.54) is 16.5 Å². The Bertz CT molecular complexity index is 1290. The molecule has 7 nitrogen and oxygen atoms in total. The second-order valence-electron chi connectivity index (χ2n) is 8.94. The third-order valence-corrected chi connectivity index (χ3v) is 6.84. The number of aromatic carboxylic acids is 1. The number of methoxy groups -OCH3 is 1. The number of fused-ring (bicyclic) bond motifs is 1. The molecule has 0 unspecified atom stereocenters. The number of carbonyl (C=O) groups is 1. The van der Waals surface area contributed by atoms with Crippen LogP contribution in [0.25, 0.3) is 10.9 Å². The molecule has 3 heterocycles. The Morgan fingerprint density at radius 3 is 2.69 bits per heavy atom. The quantitative estimate of drug-likeness (QED) is 0.357. The zero-order chi connectivity index (χ0) is 24.2. The van der Waals surface area contributed by atoms with Crippen molar-refractivity contribution in [3.63, 3.8) is 0 Å². The Kier molecular flexibility index (Phi) is 6.77. The van der Waals surface area contributed by atoms with Crippen molar-refractivity contribution >= 4 is 16.9 Å². The molecular formula is C28H30N2O5. The third kappa shape index (κ3) is 5.05. The normalized spacial score (nSPS) is 14.9. The van der Waals surface area contributed by atoms with Crippen LogP contribution < -0.4 is 9.47 Å². The SMILES string of the molecule is COc1ccc2c(c1)c(C1CCN(CCOc3ccccc3C(=O)O)CC1)cn2Cc1ccco1. The summed E-state index contributed by atoms with van der Waals surface area (Å²) in [6.45, 7) is 3.89. The predicted molar refractivity (Wildman–Crippen MR) is 134 cm³/mol. The molecule has 1 aliphatic heterocycles. The first-order valence-electron chi connectivity index (χ1n) is 12.0. The number of benzene rings is 2. The molecule has 0 atom stereocenters. The summed E-state index contributed by atoms with van der Waals surface area (Å²) in [6.07, 6.45) is 6.11. The van der Waals surface area contributed by atoms with E-state index in [1.54, 1.807) is 37.6 Å². The van der Waals surface area contributed by atoms with E-state index in [9.17, 15) is 9.90 Å². The summed E-state index contributed by atoms with van der Waals surface area (Å²) in [7, 11) is 1.70. The average molecular weight is 475 g/mol. The van der Waals surface area contributed by atoms with Gasteiger partial charge in [0.25, 0.3) is 0 Å². The van der Waals surface area contributed by atoms with Crippen LogP contribution in [0.5, 0.6) is 11.5 Å². The fourth-order valence-corrected chi connectivity index (χ4v) is 4.98. The van der Waals surface area contributed by atoms with Crippen LogP contribution in [0.15, 0.2) is 71.5 Å². The number of nitrogens with zero attached hydrogens (tertiary/aromatic N) is 2. The third-order valence-electron chi connectivity index (χ3n) is 6.84. The number of carboxylic acid groups (broad SMARTS) is 1. The molecule has 4 aromatic rings. The van der Waals surface area contributed by atoms with Gasteiger partial charge in [-0.05, 0) is 79.9 Å². The van der Waals surface area contributed by atoms with Gasteiger partial charge < -0.3 is 23.6 Å². The van der Waals surface area contributed by atoms with E-state index in [1.807, 2.05) is 18.2 Å². The number of aromatic nitrogens is 1. The van der Waals surface area contributed by atoms with Gasteiger partial charge >= 0.3 is 5.97 Å². The zero-order valence-electron chi connectivity index (χ0n) is 19.9. The second-order valence-corrected chi connectivity index (χ2v) is 8.94. The van der Waals surface area contributed by atoms with Crippen molar-refractivity contribution in [1.82, 2.24) is 9.47 Å². The minimum Gasteiger partial charge on any atom is -0.497 e. The van der Waals surface area contributed by atoms with E-state index in [2.05, 4.69) is 27.8 Å². The van der Waals surface area contributed by atoms with Crippen molar-refractivity contribution in [2.24, 2.45) is 0 Å². The molecule has 1 saturated heterocycles. The standard InChI is InChI=1S/C28H30N2O5/c1-33-21-8-9-26-24(17-21)25(19-30(26)18-22-5-4-15-34-22)20-10-12-29(13-11-20)14-16-35-27-7-3-2-6-23(27)28(31)32/h2-9,15,17,19-20H,10-14,16,18H2,1H3,(H,31,32). The van der Waals surface area contributed by atoms with Crippen LogP contribution in [0, 0.1) is 0 Å². The van der Waals surface area contributed by atoms with Gasteiger partial charge in [-0.15, -0.1) is 0 Å². The van der Waals surface area contributed by atoms with Gasteiger partial charge in [-0.1, -0.05) is 12.1 Å². The van der Waals surface area contributed by atoms with Gasteiger partial charge in [0.2, 0.25) is 0 Å². The van der Waals surface area contributed by atoms with E-state index < -0.39 is 5.97 Å². The maximum absolute atomic E-state index is 11.4. The average Bonchev–Trinajstić information content (AvgIpc) is 3.53. The number of para-hydroxylation sites is 1. The molecule has 1 aliphatic rings. The fourth-order valence-electron chi connectivity index (χ4n) is 4.98. The Morgan fingerprint density at radius 1 is 1.11 bits per heavy atom. The zero-order valence-corrected chi connectivity index (χ0v) is 19.9. The molecule has 1 fully saturated rings. The lowest BCUT2D eigenvalue weighted by atomic mass is 9.89. The minimum absolute atomic E-state index is 0.201. The summed E-state index contributed by atoms with van der Waals surface area (Å²) in [4.78, 5) is 13.8. The van der Waals surface area contributed by atoms with Crippen molar-refractivity contribution < 1.29 is 23.8 Å². The Hall–Kier alpha value is -3.71. The van der Waals surface area contributed by atoms with E-state index in [0.29, 0.717) is 24.8 Å². The Labute approximate surface area is 204 Å². The van der Waals surface area contributed by atoms with Crippen LogP contribution in [-0.2, 0) is 6.54 Å². The lowest BCUT2D eigenvalue weighted by molar-refractivity contribution is 0.0691. The summed E-state index contributed by atoms with van der Waals surface area (Å²) >= 11 is 0. The summed E-state index contributed by atoms with van der Waals surface area (Å²) in [6, 6.07) is 17.0. The maximum Gasteiger partial charge on any atom is 0.339 e. The second kappa shape index (κ2) is 10.3. The smallest absolute Gasteiger partial charge is 0.339 e. The number of hydrogen-bond acceptors (Lipinski definition) is 5. The first kappa shape index (κ1) is 23.1. The highest BCUT2D eigenvalue weighted by Crippen LogP contribution is 2.36. The number of carboxylic acids is 1. The van der Waals surface area contributed by atoms with Crippen molar-refractivity contribution in [2.45, 2.75) is 25.3 Å². The van der Waals surface area contributed by atoms with Gasteiger partial charge in [0, 0.05) is 23.6 Å². The molecule has 0 spiro atoms. The van der Waals surface area contributed by atoms with Crippen LogP contribution >= 0.6 is 0 Å². The summed E-state index contributed by atoms with van der Waals surface area (Å²) < 4.78 is 19.2. The molecule has 7 heteroatoms. The number of piperidine rings is 1. The van der Waals surface area contributed by atoms with Crippen molar-refractivity contribution in [3.8, 4) is 11.5 Å². The van der Waals surface area contributed by atoms with Gasteiger partial charge in [0.05, 0.1) is 19.9 Å². The van der Waals surface area contributed by atoms with Crippen molar-refractivity contribution in [3.05, 3.63) is 83.9 Å². The Balaban J connectivity index is 1.24. The molecule has 0 radical (unpaired) electrons. The van der Waals surface area contributed by atoms with Crippen LogP contribution in [-0.4, -0.2) is 53.9 Å². The van der Waals surface area contributed by atoms with Crippen LogP contribution in [0.3, 0.4) is 0 Å². The van der Waals surface area contributed by atoms with Gasteiger partial charge in [-0.25, -0.2) is 4.79 Å². The van der Waals surface area contributed by atoms with Gasteiger partial charge in [0.15, 0.2) is 0 Å². The molecule has 5 rings (SSSR count). The van der Waals surface area contributed by atoms with Crippen LogP contribution in [0.4, 0.5) is 0 Å². The maximum atomic E-state index is 11.4. The lowest BCUT2D eigenvalue weighted by Gasteiger charge is -2.31. The first-order chi connectivity index (χ1) is 17.1. The number of rotatable bonds is 9. The number of ether oxygens (including phenoxy) is 2. The highest BCUT2D eigenvalue weighted by molar-refractivity contribution is 5.90. The van der Waals surface area contributed by atoms with E-state index in [-0.39, 0.29) is 5.56 Å². The molecule has 2 aromatic heterocycles. The molecule has 0 aliphatic carbocycles. The number of hydrogen-bond donors (Lipinski definition) is 1. The lowest BCUT2D eigenvalue weighted by Crippen LogP contribution is -2.35. The van der Waals surface area contributed by atoms with Crippen LogP contribution in [0.1, 0.15) is 40.4 Å². The van der Waals surface area contributed by atoms with Crippen LogP contribution in [0.2, 0.25) is 0 Å². The monoisotopic (exact) mass is 474 g/mol. The van der Waals surface area contributed by atoms with E-state index in [4.69, 9.17) is 13.9 Å². The highest BCUT2D eigenvalue weighted by Gasteiger charge is 2.24. The number of furan rings is 1. The highest BCUT2D eigenvalue weighted by atomic mass is 16.5. The largest absolute Gasteiger partial charge is 0.497 e. The molecule has 0 saturated carbocycles. The van der Waals surface area contributed by atoms with Crippen molar-refractivity contribution in [1.29, 1.82) is 0 Å². The molecule has 1 N–H and O–H groups in total. The molecule has 35 heavy (non-hydrogen) atoms. The molecular weight excluding hydrogens is 444 g/mol. The van der Waals surface area contributed by atoms with Crippen molar-refractivity contribution in [2.75, 3.05) is 33.4 Å². The molecule has 182 valence electrons. The summed E-state index contributed by atoms with van der Waals surface area (Å²) in [5.74, 6) is 1.72. The molecule has 0 bridgehead atoms. The summed E-state index contributed by atoms with van der Waals surface area (Å²) in [5, 5.41) is 10.6.